The van der Waals surface area contributed by atoms with Crippen molar-refractivity contribution in [3.05, 3.63) is 136 Å². The highest BCUT2D eigenvalue weighted by Gasteiger charge is 2.16. The number of hydrogen-bond acceptors (Lipinski definition) is 5. The van der Waals surface area contributed by atoms with Crippen molar-refractivity contribution in [1.82, 2.24) is 10.7 Å². The fourth-order valence-corrected chi connectivity index (χ4v) is 3.90. The average Bonchev–Trinajstić information content (AvgIpc) is 2.97. The predicted molar refractivity (Wildman–Crippen MR) is 161 cm³/mol. The number of carbonyl (C=O) groups is 2. The first-order valence-corrected chi connectivity index (χ1v) is 12.9. The molecule has 0 fully saturated rings. The van der Waals surface area contributed by atoms with Crippen molar-refractivity contribution < 1.29 is 14.3 Å². The Labute approximate surface area is 238 Å². The first kappa shape index (κ1) is 28.1. The number of nitrogens with one attached hydrogen (secondary N) is 2. The highest BCUT2D eigenvalue weighted by Crippen LogP contribution is 2.18. The molecule has 2 amide bonds. The molecule has 0 heterocycles. The van der Waals surface area contributed by atoms with E-state index in [1.54, 1.807) is 30.3 Å². The lowest BCUT2D eigenvalue weighted by molar-refractivity contribution is -0.117. The third-order valence-corrected chi connectivity index (χ3v) is 6.15. The molecule has 0 aliphatic carbocycles. The van der Waals surface area contributed by atoms with E-state index in [0.717, 1.165) is 22.4 Å². The van der Waals surface area contributed by atoms with E-state index in [1.807, 2.05) is 97.9 Å². The first-order valence-electron chi connectivity index (χ1n) is 12.5. The Morgan fingerprint density at radius 3 is 2.33 bits per heavy atom. The van der Waals surface area contributed by atoms with E-state index >= 15 is 0 Å². The van der Waals surface area contributed by atoms with Crippen LogP contribution >= 0.6 is 11.6 Å². The summed E-state index contributed by atoms with van der Waals surface area (Å²) in [7, 11) is 3.88. The number of carbonyl (C=O) groups excluding carboxylic acids is 2. The van der Waals surface area contributed by atoms with Crippen LogP contribution in [0.3, 0.4) is 0 Å². The van der Waals surface area contributed by atoms with Gasteiger partial charge in [-0.2, -0.15) is 5.10 Å². The van der Waals surface area contributed by atoms with Crippen molar-refractivity contribution in [1.29, 1.82) is 0 Å². The number of nitrogens with zero attached hydrogens (tertiary/aromatic N) is 2. The van der Waals surface area contributed by atoms with Crippen LogP contribution in [-0.2, 0) is 11.4 Å². The highest BCUT2D eigenvalue weighted by atomic mass is 35.5. The summed E-state index contributed by atoms with van der Waals surface area (Å²) < 4.78 is 5.86. The second-order valence-corrected chi connectivity index (χ2v) is 9.43. The third-order valence-electron chi connectivity index (χ3n) is 5.82. The van der Waals surface area contributed by atoms with Crippen LogP contribution < -0.4 is 20.4 Å². The quantitative estimate of drug-likeness (QED) is 0.146. The van der Waals surface area contributed by atoms with Gasteiger partial charge < -0.3 is 15.0 Å². The summed E-state index contributed by atoms with van der Waals surface area (Å²) >= 11 is 6.19. The second kappa shape index (κ2) is 13.8. The number of hydrogen-bond donors (Lipinski definition) is 2. The van der Waals surface area contributed by atoms with Crippen molar-refractivity contribution >= 4 is 41.4 Å². The molecule has 2 N–H and O–H groups in total. The lowest BCUT2D eigenvalue weighted by Crippen LogP contribution is -2.33. The fourth-order valence-electron chi connectivity index (χ4n) is 3.68. The molecular weight excluding hydrogens is 524 g/mol. The van der Waals surface area contributed by atoms with Gasteiger partial charge in [-0.15, -0.1) is 0 Å². The van der Waals surface area contributed by atoms with Gasteiger partial charge in [-0.05, 0) is 59.2 Å². The zero-order valence-corrected chi connectivity index (χ0v) is 22.9. The van der Waals surface area contributed by atoms with Gasteiger partial charge in [0.2, 0.25) is 0 Å². The molecule has 0 radical (unpaired) electrons. The molecule has 0 aliphatic heterocycles. The minimum atomic E-state index is -0.593. The van der Waals surface area contributed by atoms with Crippen LogP contribution in [0.25, 0.3) is 6.08 Å². The molecule has 0 aliphatic rings. The Hall–Kier alpha value is -4.88. The van der Waals surface area contributed by atoms with E-state index in [1.165, 1.54) is 6.21 Å². The van der Waals surface area contributed by atoms with Crippen LogP contribution in [0.5, 0.6) is 5.75 Å². The molecule has 0 atom stereocenters. The van der Waals surface area contributed by atoms with E-state index < -0.39 is 11.8 Å². The monoisotopic (exact) mass is 552 g/mol. The Morgan fingerprint density at radius 2 is 1.60 bits per heavy atom. The van der Waals surface area contributed by atoms with Gasteiger partial charge in [-0.1, -0.05) is 78.3 Å². The zero-order valence-electron chi connectivity index (χ0n) is 22.2. The van der Waals surface area contributed by atoms with Gasteiger partial charge in [0, 0.05) is 19.8 Å². The van der Waals surface area contributed by atoms with Crippen LogP contribution in [0.15, 0.2) is 114 Å². The lowest BCUT2D eigenvalue weighted by Gasteiger charge is -2.13. The summed E-state index contributed by atoms with van der Waals surface area (Å²) in [5.74, 6) is -0.429. The average molecular weight is 553 g/mol. The molecule has 0 unspecified atom stereocenters. The summed E-state index contributed by atoms with van der Waals surface area (Å²) in [5, 5.41) is 7.04. The summed E-state index contributed by atoms with van der Waals surface area (Å²) in [5.41, 5.74) is 6.28. The van der Waals surface area contributed by atoms with E-state index in [0.29, 0.717) is 12.4 Å². The van der Waals surface area contributed by atoms with Crippen molar-refractivity contribution in [3.8, 4) is 5.75 Å². The van der Waals surface area contributed by atoms with Crippen LogP contribution in [0.4, 0.5) is 5.69 Å². The largest absolute Gasteiger partial charge is 0.489 e. The molecule has 40 heavy (non-hydrogen) atoms. The van der Waals surface area contributed by atoms with Gasteiger partial charge in [0.1, 0.15) is 18.1 Å². The van der Waals surface area contributed by atoms with Gasteiger partial charge in [-0.25, -0.2) is 5.43 Å². The number of anilines is 1. The van der Waals surface area contributed by atoms with Gasteiger partial charge in [-0.3, -0.25) is 9.59 Å². The Morgan fingerprint density at radius 1 is 0.875 bits per heavy atom. The molecule has 0 aromatic heterocycles. The lowest BCUT2D eigenvalue weighted by atomic mass is 10.1. The Balaban J connectivity index is 1.48. The molecule has 0 saturated heterocycles. The van der Waals surface area contributed by atoms with Gasteiger partial charge >= 0.3 is 0 Å². The molecule has 4 aromatic carbocycles. The minimum Gasteiger partial charge on any atom is -0.489 e. The number of ether oxygens (including phenoxy) is 1. The summed E-state index contributed by atoms with van der Waals surface area (Å²) in [6.07, 6.45) is 3.09. The maximum Gasteiger partial charge on any atom is 0.287 e. The van der Waals surface area contributed by atoms with E-state index in [4.69, 9.17) is 16.3 Å². The number of rotatable bonds is 10. The van der Waals surface area contributed by atoms with Crippen molar-refractivity contribution in [2.24, 2.45) is 5.10 Å². The molecule has 4 aromatic rings. The van der Waals surface area contributed by atoms with Crippen molar-refractivity contribution in [2.75, 3.05) is 19.0 Å². The fraction of sp³-hybridized carbons (Fsp3) is 0.0938. The highest BCUT2D eigenvalue weighted by molar-refractivity contribution is 6.34. The number of hydrazone groups is 1. The molecule has 0 bridgehead atoms. The van der Waals surface area contributed by atoms with Crippen molar-refractivity contribution in [2.45, 2.75) is 6.61 Å². The second-order valence-electron chi connectivity index (χ2n) is 9.02. The Kier molecular flexibility index (Phi) is 9.69. The van der Waals surface area contributed by atoms with E-state index in [-0.39, 0.29) is 16.3 Å². The van der Waals surface area contributed by atoms with Crippen LogP contribution in [0.2, 0.25) is 5.02 Å². The minimum absolute atomic E-state index is 0.0135. The van der Waals surface area contributed by atoms with Gasteiger partial charge in [0.15, 0.2) is 0 Å². The number of amides is 2. The normalized spacial score (nSPS) is 11.2. The maximum absolute atomic E-state index is 13.1. The molecule has 202 valence electrons. The molecule has 0 spiro atoms. The number of halogens is 1. The standard InChI is InChI=1S/C32H29ClN4O3/c1-37(2)26-17-15-23(16-18-26)20-30(35-31(38)28-13-6-7-14-29(28)33)32(39)36-34-21-25-11-8-12-27(19-25)40-22-24-9-4-3-5-10-24/h3-21H,22H2,1-2H3,(H,35,38)(H,36,39). The van der Waals surface area contributed by atoms with Gasteiger partial charge in [0.05, 0.1) is 16.8 Å². The predicted octanol–water partition coefficient (Wildman–Crippen LogP) is 5.91. The van der Waals surface area contributed by atoms with Crippen LogP contribution in [0.1, 0.15) is 27.0 Å². The molecule has 8 heteroatoms. The molecule has 7 nitrogen and oxygen atoms in total. The zero-order chi connectivity index (χ0) is 28.3. The Bertz CT molecular complexity index is 1520. The molecular formula is C32H29ClN4O3. The van der Waals surface area contributed by atoms with Crippen LogP contribution in [-0.4, -0.2) is 32.1 Å². The van der Waals surface area contributed by atoms with E-state index in [9.17, 15) is 9.59 Å². The number of benzene rings is 4. The van der Waals surface area contributed by atoms with E-state index in [2.05, 4.69) is 15.8 Å². The van der Waals surface area contributed by atoms with Crippen LogP contribution in [0, 0.1) is 0 Å². The summed E-state index contributed by atoms with van der Waals surface area (Å²) in [6, 6.07) is 31.4. The smallest absolute Gasteiger partial charge is 0.287 e. The summed E-state index contributed by atoms with van der Waals surface area (Å²) in [4.78, 5) is 28.0. The maximum atomic E-state index is 13.1. The first-order chi connectivity index (χ1) is 19.4. The van der Waals surface area contributed by atoms with Gasteiger partial charge in [0.25, 0.3) is 11.8 Å². The summed E-state index contributed by atoms with van der Waals surface area (Å²) in [6.45, 7) is 0.437. The molecule has 0 saturated carbocycles. The van der Waals surface area contributed by atoms with Crippen molar-refractivity contribution in [3.63, 3.8) is 0 Å². The SMILES string of the molecule is CN(C)c1ccc(C=C(NC(=O)c2ccccc2Cl)C(=O)NN=Cc2cccc(OCc3ccccc3)c2)cc1. The third kappa shape index (κ3) is 8.06. The topological polar surface area (TPSA) is 83.0 Å². The molecule has 4 rings (SSSR count).